The molecule has 2 rings (SSSR count). The highest BCUT2D eigenvalue weighted by atomic mass is 14.9. The minimum absolute atomic E-state index is 0.938. The van der Waals surface area contributed by atoms with Crippen LogP contribution in [0.25, 0.3) is 11.3 Å². The summed E-state index contributed by atoms with van der Waals surface area (Å²) in [6, 6.07) is 12.8. The molecule has 0 saturated heterocycles. The van der Waals surface area contributed by atoms with Gasteiger partial charge in [0, 0.05) is 18.9 Å². The standard InChI is InChI=1S/C14H15N/c1-3-5-12-7-9-13(10-8-12)14-6-4-11-15(14)2/h3-4,6-11H,1,5H2,2H3. The third kappa shape index (κ3) is 2.01. The van der Waals surface area contributed by atoms with Crippen molar-refractivity contribution < 1.29 is 0 Å². The Morgan fingerprint density at radius 2 is 1.93 bits per heavy atom. The van der Waals surface area contributed by atoms with Crippen molar-refractivity contribution in [2.24, 2.45) is 7.05 Å². The van der Waals surface area contributed by atoms with Crippen LogP contribution in [0.5, 0.6) is 0 Å². The van der Waals surface area contributed by atoms with Gasteiger partial charge < -0.3 is 4.57 Å². The molecule has 0 aliphatic carbocycles. The maximum absolute atomic E-state index is 3.74. The van der Waals surface area contributed by atoms with Crippen molar-refractivity contribution in [1.82, 2.24) is 4.57 Å². The predicted octanol–water partition coefficient (Wildman–Crippen LogP) is 3.42. The summed E-state index contributed by atoms with van der Waals surface area (Å²) in [6.45, 7) is 3.74. The summed E-state index contributed by atoms with van der Waals surface area (Å²) in [7, 11) is 2.06. The summed E-state index contributed by atoms with van der Waals surface area (Å²) in [5.74, 6) is 0. The Hall–Kier alpha value is -1.76. The molecule has 0 radical (unpaired) electrons. The number of benzene rings is 1. The molecule has 1 aromatic heterocycles. The summed E-state index contributed by atoms with van der Waals surface area (Å²) in [5.41, 5.74) is 3.82. The van der Waals surface area contributed by atoms with Gasteiger partial charge in [-0.25, -0.2) is 0 Å². The molecule has 0 N–H and O–H groups in total. The Bertz CT molecular complexity index is 448. The molecular weight excluding hydrogens is 182 g/mol. The van der Waals surface area contributed by atoms with Gasteiger partial charge in [0.25, 0.3) is 0 Å². The number of aryl methyl sites for hydroxylation is 1. The van der Waals surface area contributed by atoms with E-state index in [-0.39, 0.29) is 0 Å². The van der Waals surface area contributed by atoms with Gasteiger partial charge in [-0.1, -0.05) is 30.3 Å². The number of hydrogen-bond acceptors (Lipinski definition) is 0. The average Bonchev–Trinajstić information content (AvgIpc) is 2.66. The molecule has 0 atom stereocenters. The highest BCUT2D eigenvalue weighted by Crippen LogP contribution is 2.19. The van der Waals surface area contributed by atoms with E-state index in [1.807, 2.05) is 6.08 Å². The summed E-state index contributed by atoms with van der Waals surface area (Å²) >= 11 is 0. The minimum Gasteiger partial charge on any atom is -0.351 e. The molecule has 76 valence electrons. The first-order valence-electron chi connectivity index (χ1n) is 5.13. The van der Waals surface area contributed by atoms with E-state index >= 15 is 0 Å². The van der Waals surface area contributed by atoms with Crippen LogP contribution in [0.2, 0.25) is 0 Å². The van der Waals surface area contributed by atoms with Crippen molar-refractivity contribution in [2.45, 2.75) is 6.42 Å². The molecule has 1 heteroatoms. The zero-order valence-corrected chi connectivity index (χ0v) is 8.98. The normalized spacial score (nSPS) is 10.2. The van der Waals surface area contributed by atoms with Crippen LogP contribution in [0.4, 0.5) is 0 Å². The molecular formula is C14H15N. The van der Waals surface area contributed by atoms with Crippen LogP contribution < -0.4 is 0 Å². The van der Waals surface area contributed by atoms with Crippen molar-refractivity contribution in [3.8, 4) is 11.3 Å². The van der Waals surface area contributed by atoms with Gasteiger partial charge >= 0.3 is 0 Å². The van der Waals surface area contributed by atoms with E-state index in [9.17, 15) is 0 Å². The lowest BCUT2D eigenvalue weighted by molar-refractivity contribution is 0.937. The molecule has 1 nitrogen and oxygen atoms in total. The Kier molecular flexibility index (Phi) is 2.72. The molecule has 15 heavy (non-hydrogen) atoms. The second-order valence-corrected chi connectivity index (χ2v) is 3.69. The van der Waals surface area contributed by atoms with Crippen LogP contribution in [0.15, 0.2) is 55.3 Å². The van der Waals surface area contributed by atoms with E-state index in [1.165, 1.54) is 16.8 Å². The lowest BCUT2D eigenvalue weighted by Gasteiger charge is -2.04. The fourth-order valence-electron chi connectivity index (χ4n) is 1.74. The number of aromatic nitrogens is 1. The quantitative estimate of drug-likeness (QED) is 0.664. The van der Waals surface area contributed by atoms with Crippen LogP contribution in [-0.2, 0) is 13.5 Å². The molecule has 0 spiro atoms. The fraction of sp³-hybridized carbons (Fsp3) is 0.143. The summed E-state index contributed by atoms with van der Waals surface area (Å²) in [4.78, 5) is 0. The first-order valence-corrected chi connectivity index (χ1v) is 5.13. The lowest BCUT2D eigenvalue weighted by atomic mass is 10.1. The van der Waals surface area contributed by atoms with Crippen molar-refractivity contribution >= 4 is 0 Å². The highest BCUT2D eigenvalue weighted by Gasteiger charge is 2.00. The molecule has 1 heterocycles. The van der Waals surface area contributed by atoms with Crippen LogP contribution in [0.1, 0.15) is 5.56 Å². The monoisotopic (exact) mass is 197 g/mol. The van der Waals surface area contributed by atoms with Crippen molar-refractivity contribution in [1.29, 1.82) is 0 Å². The summed E-state index contributed by atoms with van der Waals surface area (Å²) < 4.78 is 2.13. The van der Waals surface area contributed by atoms with E-state index in [0.29, 0.717) is 0 Å². The van der Waals surface area contributed by atoms with Gasteiger partial charge in [-0.05, 0) is 29.7 Å². The second kappa shape index (κ2) is 4.18. The van der Waals surface area contributed by atoms with Gasteiger partial charge in [-0.3, -0.25) is 0 Å². The number of rotatable bonds is 3. The SMILES string of the molecule is C=CCc1ccc(-c2cccn2C)cc1. The first kappa shape index (κ1) is 9.78. The zero-order valence-electron chi connectivity index (χ0n) is 8.98. The maximum Gasteiger partial charge on any atom is 0.0477 e. The molecule has 0 unspecified atom stereocenters. The molecule has 0 bridgehead atoms. The number of hydrogen-bond donors (Lipinski definition) is 0. The largest absolute Gasteiger partial charge is 0.351 e. The smallest absolute Gasteiger partial charge is 0.0477 e. The second-order valence-electron chi connectivity index (χ2n) is 3.69. The van der Waals surface area contributed by atoms with Crippen molar-refractivity contribution in [3.63, 3.8) is 0 Å². The Balaban J connectivity index is 2.31. The van der Waals surface area contributed by atoms with Crippen molar-refractivity contribution in [3.05, 3.63) is 60.8 Å². The first-order chi connectivity index (χ1) is 7.31. The van der Waals surface area contributed by atoms with Crippen molar-refractivity contribution in [2.75, 3.05) is 0 Å². The van der Waals surface area contributed by atoms with E-state index in [0.717, 1.165) is 6.42 Å². The van der Waals surface area contributed by atoms with Gasteiger partial charge in [0.1, 0.15) is 0 Å². The number of allylic oxidation sites excluding steroid dienone is 1. The van der Waals surface area contributed by atoms with Crippen LogP contribution in [0, 0.1) is 0 Å². The van der Waals surface area contributed by atoms with E-state index < -0.39 is 0 Å². The molecule has 1 aromatic carbocycles. The number of nitrogens with zero attached hydrogens (tertiary/aromatic N) is 1. The Morgan fingerprint density at radius 1 is 1.20 bits per heavy atom. The van der Waals surface area contributed by atoms with Crippen LogP contribution in [-0.4, -0.2) is 4.57 Å². The van der Waals surface area contributed by atoms with Gasteiger partial charge in [0.15, 0.2) is 0 Å². The summed E-state index contributed by atoms with van der Waals surface area (Å²) in [5, 5.41) is 0. The Morgan fingerprint density at radius 3 is 2.47 bits per heavy atom. The summed E-state index contributed by atoms with van der Waals surface area (Å²) in [6.07, 6.45) is 4.93. The maximum atomic E-state index is 3.74. The third-order valence-corrected chi connectivity index (χ3v) is 2.57. The van der Waals surface area contributed by atoms with E-state index in [2.05, 4.69) is 60.8 Å². The van der Waals surface area contributed by atoms with E-state index in [4.69, 9.17) is 0 Å². The topological polar surface area (TPSA) is 4.93 Å². The average molecular weight is 197 g/mol. The Labute approximate surface area is 90.7 Å². The van der Waals surface area contributed by atoms with Gasteiger partial charge in [-0.15, -0.1) is 6.58 Å². The van der Waals surface area contributed by atoms with E-state index in [1.54, 1.807) is 0 Å². The van der Waals surface area contributed by atoms with Crippen LogP contribution >= 0.6 is 0 Å². The molecule has 0 amide bonds. The molecule has 0 saturated carbocycles. The fourth-order valence-corrected chi connectivity index (χ4v) is 1.74. The predicted molar refractivity (Wildman–Crippen MR) is 64.8 cm³/mol. The van der Waals surface area contributed by atoms with Gasteiger partial charge in [0.2, 0.25) is 0 Å². The molecule has 2 aromatic rings. The molecule has 0 aliphatic heterocycles. The van der Waals surface area contributed by atoms with Gasteiger partial charge in [0.05, 0.1) is 0 Å². The third-order valence-electron chi connectivity index (χ3n) is 2.57. The van der Waals surface area contributed by atoms with Crippen LogP contribution in [0.3, 0.4) is 0 Å². The molecule has 0 fully saturated rings. The molecule has 0 aliphatic rings. The highest BCUT2D eigenvalue weighted by molar-refractivity contribution is 5.60. The lowest BCUT2D eigenvalue weighted by Crippen LogP contribution is -1.89. The minimum atomic E-state index is 0.938. The van der Waals surface area contributed by atoms with Gasteiger partial charge in [-0.2, -0.15) is 0 Å². The zero-order chi connectivity index (χ0) is 10.7.